The van der Waals surface area contributed by atoms with Gasteiger partial charge in [0.2, 0.25) is 9.84 Å². The van der Waals surface area contributed by atoms with Crippen LogP contribution in [0.3, 0.4) is 0 Å². The monoisotopic (exact) mass is 253 g/mol. The summed E-state index contributed by atoms with van der Waals surface area (Å²) in [5.41, 5.74) is 0.683. The molecule has 0 saturated carbocycles. The van der Waals surface area contributed by atoms with Crippen molar-refractivity contribution in [3.8, 4) is 0 Å². The quantitative estimate of drug-likeness (QED) is 0.793. The number of hydrogen-bond donors (Lipinski definition) is 1. The second-order valence-corrected chi connectivity index (χ2v) is 5.74. The fourth-order valence-corrected chi connectivity index (χ4v) is 2.64. The van der Waals surface area contributed by atoms with E-state index in [1.807, 2.05) is 0 Å². The molecule has 1 N–H and O–H groups in total. The van der Waals surface area contributed by atoms with Crippen molar-refractivity contribution in [1.82, 2.24) is 5.32 Å². The van der Waals surface area contributed by atoms with E-state index in [0.717, 1.165) is 19.4 Å². The lowest BCUT2D eigenvalue weighted by molar-refractivity contribution is 0.603. The molecule has 0 aliphatic rings. The normalized spacial score (nSPS) is 12.5. The van der Waals surface area contributed by atoms with Crippen LogP contribution in [-0.4, -0.2) is 15.0 Å². The van der Waals surface area contributed by atoms with Crippen LogP contribution in [0.5, 0.6) is 0 Å². The van der Waals surface area contributed by atoms with Gasteiger partial charge in [0.1, 0.15) is 0 Å². The molecule has 0 spiro atoms. The van der Waals surface area contributed by atoms with Gasteiger partial charge in [-0.2, -0.15) is 0 Å². The second kappa shape index (κ2) is 6.45. The van der Waals surface area contributed by atoms with Gasteiger partial charge in [-0.1, -0.05) is 31.5 Å². The molecule has 0 saturated heterocycles. The predicted molar refractivity (Wildman–Crippen MR) is 70.3 cm³/mol. The lowest BCUT2D eigenvalue weighted by Gasteiger charge is -2.06. The minimum atomic E-state index is -3.32. The van der Waals surface area contributed by atoms with Crippen LogP contribution in [0.4, 0.5) is 0 Å². The zero-order valence-corrected chi connectivity index (χ0v) is 11.1. The van der Waals surface area contributed by atoms with Crippen LogP contribution >= 0.6 is 0 Å². The van der Waals surface area contributed by atoms with Crippen LogP contribution in [0.2, 0.25) is 0 Å². The fraction of sp³-hybridized carbons (Fsp3) is 0.385. The zero-order valence-electron chi connectivity index (χ0n) is 10.3. The van der Waals surface area contributed by atoms with Gasteiger partial charge in [-0.25, -0.2) is 8.42 Å². The van der Waals surface area contributed by atoms with E-state index in [0.29, 0.717) is 10.6 Å². The summed E-state index contributed by atoms with van der Waals surface area (Å²) in [7, 11) is -3.32. The zero-order chi connectivity index (χ0) is 12.7. The smallest absolute Gasteiger partial charge is 0.201 e. The molecule has 0 heterocycles. The summed E-state index contributed by atoms with van der Waals surface area (Å²) in [6.45, 7) is 4.68. The summed E-state index contributed by atoms with van der Waals surface area (Å²) >= 11 is 0. The maximum absolute atomic E-state index is 12.0. The first-order valence-electron chi connectivity index (χ1n) is 5.78. The summed E-state index contributed by atoms with van der Waals surface area (Å²) in [5, 5.41) is 4.38. The Morgan fingerprint density at radius 1 is 1.29 bits per heavy atom. The molecular formula is C13H19NO2S. The van der Waals surface area contributed by atoms with Gasteiger partial charge in [-0.05, 0) is 25.5 Å². The van der Waals surface area contributed by atoms with Crippen molar-refractivity contribution >= 4 is 9.84 Å². The Morgan fingerprint density at radius 2 is 1.94 bits per heavy atom. The van der Waals surface area contributed by atoms with E-state index in [9.17, 15) is 8.42 Å². The molecule has 3 nitrogen and oxygen atoms in total. The van der Waals surface area contributed by atoms with Crippen LogP contribution in [0.15, 0.2) is 46.3 Å². The van der Waals surface area contributed by atoms with E-state index in [1.165, 1.54) is 5.41 Å². The molecule has 0 bridgehead atoms. The Hall–Kier alpha value is -1.29. The topological polar surface area (TPSA) is 46.2 Å². The standard InChI is InChI=1S/C13H19NO2S/c1-3-4-10-14-12(2)11-17(15,16)13-8-6-5-7-9-13/h5-9,11,14H,3-4,10H2,1-2H3. The summed E-state index contributed by atoms with van der Waals surface area (Å²) in [6.07, 6.45) is 2.13. The molecule has 0 aliphatic carbocycles. The van der Waals surface area contributed by atoms with Crippen LogP contribution in [0, 0.1) is 0 Å². The average Bonchev–Trinajstić information content (AvgIpc) is 2.30. The molecule has 0 radical (unpaired) electrons. The maximum Gasteiger partial charge on any atom is 0.201 e. The first-order valence-corrected chi connectivity index (χ1v) is 7.33. The van der Waals surface area contributed by atoms with Crippen molar-refractivity contribution in [1.29, 1.82) is 0 Å². The third-order valence-corrected chi connectivity index (χ3v) is 3.93. The van der Waals surface area contributed by atoms with E-state index in [2.05, 4.69) is 12.2 Å². The van der Waals surface area contributed by atoms with Crippen molar-refractivity contribution in [2.45, 2.75) is 31.6 Å². The summed E-state index contributed by atoms with van der Waals surface area (Å²) in [6, 6.07) is 8.45. The largest absolute Gasteiger partial charge is 0.388 e. The molecule has 0 aliphatic heterocycles. The SMILES string of the molecule is CCCCNC(C)=CS(=O)(=O)c1ccccc1. The Balaban J connectivity index is 2.76. The van der Waals surface area contributed by atoms with Crippen molar-refractivity contribution in [3.05, 3.63) is 41.4 Å². The van der Waals surface area contributed by atoms with E-state index in [1.54, 1.807) is 37.3 Å². The van der Waals surface area contributed by atoms with Gasteiger partial charge in [0.25, 0.3) is 0 Å². The molecule has 0 amide bonds. The van der Waals surface area contributed by atoms with Crippen molar-refractivity contribution in [2.75, 3.05) is 6.54 Å². The molecule has 1 rings (SSSR count). The Bertz CT molecular complexity index is 463. The highest BCUT2D eigenvalue weighted by molar-refractivity contribution is 7.94. The first kappa shape index (κ1) is 13.8. The van der Waals surface area contributed by atoms with Gasteiger partial charge in [0, 0.05) is 12.2 Å². The lowest BCUT2D eigenvalue weighted by Crippen LogP contribution is -2.13. The fourth-order valence-electron chi connectivity index (χ4n) is 1.41. The van der Waals surface area contributed by atoms with Gasteiger partial charge in [-0.15, -0.1) is 0 Å². The minimum Gasteiger partial charge on any atom is -0.388 e. The van der Waals surface area contributed by atoms with Crippen molar-refractivity contribution < 1.29 is 8.42 Å². The summed E-state index contributed by atoms with van der Waals surface area (Å²) < 4.78 is 23.9. The van der Waals surface area contributed by atoms with E-state index < -0.39 is 9.84 Å². The molecule has 0 atom stereocenters. The van der Waals surface area contributed by atoms with Gasteiger partial charge >= 0.3 is 0 Å². The number of nitrogens with one attached hydrogen (secondary N) is 1. The molecule has 0 unspecified atom stereocenters. The van der Waals surface area contributed by atoms with E-state index in [-0.39, 0.29) is 0 Å². The third kappa shape index (κ3) is 4.61. The van der Waals surface area contributed by atoms with Gasteiger partial charge in [-0.3, -0.25) is 0 Å². The van der Waals surface area contributed by atoms with Crippen LogP contribution in [0.25, 0.3) is 0 Å². The number of unbranched alkanes of at least 4 members (excludes halogenated alkanes) is 1. The van der Waals surface area contributed by atoms with Gasteiger partial charge < -0.3 is 5.32 Å². The van der Waals surface area contributed by atoms with Crippen LogP contribution < -0.4 is 5.32 Å². The third-order valence-electron chi connectivity index (χ3n) is 2.34. The van der Waals surface area contributed by atoms with E-state index >= 15 is 0 Å². The molecule has 1 aromatic rings. The number of benzene rings is 1. The number of rotatable bonds is 6. The predicted octanol–water partition coefficient (Wildman–Crippen LogP) is 2.71. The number of sulfone groups is 1. The highest BCUT2D eigenvalue weighted by atomic mass is 32.2. The van der Waals surface area contributed by atoms with E-state index in [4.69, 9.17) is 0 Å². The first-order chi connectivity index (χ1) is 8.06. The highest BCUT2D eigenvalue weighted by Crippen LogP contribution is 2.12. The Labute approximate surface area is 103 Å². The van der Waals surface area contributed by atoms with Gasteiger partial charge in [0.15, 0.2) is 0 Å². The Morgan fingerprint density at radius 3 is 2.53 bits per heavy atom. The highest BCUT2D eigenvalue weighted by Gasteiger charge is 2.10. The molecule has 0 fully saturated rings. The van der Waals surface area contributed by atoms with Gasteiger partial charge in [0.05, 0.1) is 10.3 Å². The molecule has 1 aromatic carbocycles. The minimum absolute atomic E-state index is 0.330. The number of allylic oxidation sites excluding steroid dienone is 1. The Kier molecular flexibility index (Phi) is 5.22. The summed E-state index contributed by atoms with van der Waals surface area (Å²) in [4.78, 5) is 0.330. The van der Waals surface area contributed by atoms with Crippen LogP contribution in [0.1, 0.15) is 26.7 Å². The average molecular weight is 253 g/mol. The molecule has 94 valence electrons. The maximum atomic E-state index is 12.0. The molecule has 17 heavy (non-hydrogen) atoms. The summed E-state index contributed by atoms with van der Waals surface area (Å²) in [5.74, 6) is 0. The molecule has 0 aromatic heterocycles. The second-order valence-electron chi connectivity index (χ2n) is 3.94. The van der Waals surface area contributed by atoms with Crippen molar-refractivity contribution in [3.63, 3.8) is 0 Å². The van der Waals surface area contributed by atoms with Crippen molar-refractivity contribution in [2.24, 2.45) is 0 Å². The molecule has 4 heteroatoms. The molecular weight excluding hydrogens is 234 g/mol. The van der Waals surface area contributed by atoms with Crippen LogP contribution in [-0.2, 0) is 9.84 Å². The number of hydrogen-bond acceptors (Lipinski definition) is 3. The lowest BCUT2D eigenvalue weighted by atomic mass is 10.3.